The van der Waals surface area contributed by atoms with E-state index in [0.717, 1.165) is 49.8 Å². The monoisotopic (exact) mass is 376 g/mol. The van der Waals surface area contributed by atoms with Crippen LogP contribution in [0.4, 0.5) is 5.82 Å². The van der Waals surface area contributed by atoms with Crippen LogP contribution in [0.25, 0.3) is 0 Å². The van der Waals surface area contributed by atoms with Gasteiger partial charge < -0.3 is 9.80 Å². The third-order valence-electron chi connectivity index (χ3n) is 6.45. The van der Waals surface area contributed by atoms with E-state index >= 15 is 0 Å². The Morgan fingerprint density at radius 2 is 1.82 bits per heavy atom. The van der Waals surface area contributed by atoms with Crippen LogP contribution in [0.15, 0.2) is 30.3 Å². The van der Waals surface area contributed by atoms with Crippen LogP contribution in [0.5, 0.6) is 0 Å². The van der Waals surface area contributed by atoms with Gasteiger partial charge in [-0.05, 0) is 44.1 Å². The zero-order valence-corrected chi connectivity index (χ0v) is 16.6. The molecule has 3 aliphatic rings. The first-order valence-corrected chi connectivity index (χ1v) is 10.7. The third-order valence-corrected chi connectivity index (χ3v) is 6.45. The molecule has 5 heteroatoms. The maximum absolute atomic E-state index is 13.2. The summed E-state index contributed by atoms with van der Waals surface area (Å²) in [5, 5.41) is 0. The van der Waals surface area contributed by atoms with Gasteiger partial charge in [0.05, 0.1) is 12.2 Å². The van der Waals surface area contributed by atoms with Gasteiger partial charge in [0.2, 0.25) is 5.91 Å². The number of amides is 1. The molecule has 0 N–H and O–H groups in total. The SMILES string of the molecule is Cc1nc2c(c(N3CCCCC3)n1)CN(C(=O)[C@H]1C[C@H]1c1ccccc1)CC2. The quantitative estimate of drug-likeness (QED) is 0.823. The van der Waals surface area contributed by atoms with Gasteiger partial charge in [0.1, 0.15) is 11.6 Å². The molecule has 2 aromatic rings. The predicted molar refractivity (Wildman–Crippen MR) is 109 cm³/mol. The second-order valence-electron chi connectivity index (χ2n) is 8.44. The standard InChI is InChI=1S/C23H28N4O/c1-16-24-21-10-13-27(15-20(21)22(25-16)26-11-6-3-7-12-26)23(28)19-14-18(19)17-8-4-2-5-9-17/h2,4-5,8-9,18-19H,3,6-7,10-15H2,1H3/t18-,19-/m0/s1. The molecule has 5 nitrogen and oxygen atoms in total. The molecule has 1 aromatic heterocycles. The van der Waals surface area contributed by atoms with Crippen LogP contribution in [0.3, 0.4) is 0 Å². The Morgan fingerprint density at radius 3 is 2.61 bits per heavy atom. The fraction of sp³-hybridized carbons (Fsp3) is 0.522. The molecule has 2 atom stereocenters. The van der Waals surface area contributed by atoms with Crippen LogP contribution in [0.1, 0.15) is 54.2 Å². The number of anilines is 1. The van der Waals surface area contributed by atoms with E-state index < -0.39 is 0 Å². The second-order valence-corrected chi connectivity index (χ2v) is 8.44. The first-order chi connectivity index (χ1) is 13.7. The van der Waals surface area contributed by atoms with Gasteiger partial charge in [-0.2, -0.15) is 0 Å². The number of hydrogen-bond acceptors (Lipinski definition) is 4. The highest BCUT2D eigenvalue weighted by atomic mass is 16.2. The van der Waals surface area contributed by atoms with Crippen molar-refractivity contribution < 1.29 is 4.79 Å². The normalized spacial score (nSPS) is 24.0. The highest BCUT2D eigenvalue weighted by Crippen LogP contribution is 2.48. The van der Waals surface area contributed by atoms with Crippen molar-refractivity contribution in [3.05, 3.63) is 53.0 Å². The van der Waals surface area contributed by atoms with Crippen molar-refractivity contribution >= 4 is 11.7 Å². The fourth-order valence-electron chi connectivity index (χ4n) is 4.84. The average molecular weight is 377 g/mol. The Bertz CT molecular complexity index is 876. The maximum Gasteiger partial charge on any atom is 0.226 e. The van der Waals surface area contributed by atoms with Crippen molar-refractivity contribution in [2.45, 2.75) is 51.5 Å². The second kappa shape index (κ2) is 7.19. The lowest BCUT2D eigenvalue weighted by atomic mass is 10.0. The Kier molecular flexibility index (Phi) is 4.53. The summed E-state index contributed by atoms with van der Waals surface area (Å²) in [6, 6.07) is 10.5. The van der Waals surface area contributed by atoms with Crippen molar-refractivity contribution in [1.29, 1.82) is 0 Å². The molecule has 5 rings (SSSR count). The first kappa shape index (κ1) is 17.7. The minimum atomic E-state index is 0.147. The van der Waals surface area contributed by atoms with Gasteiger partial charge in [0, 0.05) is 37.5 Å². The lowest BCUT2D eigenvalue weighted by Crippen LogP contribution is -2.40. The summed E-state index contributed by atoms with van der Waals surface area (Å²) in [7, 11) is 0. The van der Waals surface area contributed by atoms with E-state index in [0.29, 0.717) is 18.4 Å². The number of fused-ring (bicyclic) bond motifs is 1. The van der Waals surface area contributed by atoms with E-state index in [1.165, 1.54) is 30.4 Å². The number of piperidine rings is 1. The summed E-state index contributed by atoms with van der Waals surface area (Å²) in [6.07, 6.45) is 5.57. The summed E-state index contributed by atoms with van der Waals surface area (Å²) in [4.78, 5) is 27.2. The molecule has 1 aliphatic carbocycles. The Labute approximate surface area is 166 Å². The summed E-state index contributed by atoms with van der Waals surface area (Å²) < 4.78 is 0. The minimum Gasteiger partial charge on any atom is -0.356 e. The molecular weight excluding hydrogens is 348 g/mol. The molecule has 28 heavy (non-hydrogen) atoms. The molecule has 0 spiro atoms. The van der Waals surface area contributed by atoms with Crippen molar-refractivity contribution in [2.24, 2.45) is 5.92 Å². The number of carbonyl (C=O) groups excluding carboxylic acids is 1. The lowest BCUT2D eigenvalue weighted by Gasteiger charge is -2.34. The van der Waals surface area contributed by atoms with Crippen LogP contribution < -0.4 is 4.90 Å². The van der Waals surface area contributed by atoms with E-state index in [2.05, 4.69) is 34.1 Å². The molecule has 0 radical (unpaired) electrons. The molecule has 1 amide bonds. The van der Waals surface area contributed by atoms with E-state index in [-0.39, 0.29) is 5.92 Å². The zero-order chi connectivity index (χ0) is 19.1. The van der Waals surface area contributed by atoms with Gasteiger partial charge in [-0.1, -0.05) is 30.3 Å². The summed E-state index contributed by atoms with van der Waals surface area (Å²) in [5.74, 6) is 2.78. The molecular formula is C23H28N4O. The minimum absolute atomic E-state index is 0.147. The number of hydrogen-bond donors (Lipinski definition) is 0. The van der Waals surface area contributed by atoms with Gasteiger partial charge in [0.15, 0.2) is 0 Å². The summed E-state index contributed by atoms with van der Waals surface area (Å²) in [6.45, 7) is 5.56. The Balaban J connectivity index is 1.35. The highest BCUT2D eigenvalue weighted by Gasteiger charge is 2.46. The molecule has 2 aliphatic heterocycles. The molecule has 0 unspecified atom stereocenters. The number of aromatic nitrogens is 2. The van der Waals surface area contributed by atoms with Crippen LogP contribution in [-0.4, -0.2) is 40.4 Å². The number of carbonyl (C=O) groups is 1. The molecule has 1 saturated heterocycles. The highest BCUT2D eigenvalue weighted by molar-refractivity contribution is 5.83. The smallest absolute Gasteiger partial charge is 0.226 e. The zero-order valence-electron chi connectivity index (χ0n) is 16.6. The van der Waals surface area contributed by atoms with Crippen LogP contribution in [-0.2, 0) is 17.8 Å². The van der Waals surface area contributed by atoms with Crippen molar-refractivity contribution in [1.82, 2.24) is 14.9 Å². The van der Waals surface area contributed by atoms with E-state index in [1.807, 2.05) is 13.0 Å². The van der Waals surface area contributed by atoms with Crippen molar-refractivity contribution in [3.63, 3.8) is 0 Å². The molecule has 1 aromatic carbocycles. The van der Waals surface area contributed by atoms with Crippen LogP contribution in [0, 0.1) is 12.8 Å². The summed E-state index contributed by atoms with van der Waals surface area (Å²) >= 11 is 0. The van der Waals surface area contributed by atoms with Gasteiger partial charge in [-0.15, -0.1) is 0 Å². The summed E-state index contributed by atoms with van der Waals surface area (Å²) in [5.41, 5.74) is 3.63. The molecule has 0 bridgehead atoms. The van der Waals surface area contributed by atoms with Crippen molar-refractivity contribution in [2.75, 3.05) is 24.5 Å². The number of nitrogens with zero attached hydrogens (tertiary/aromatic N) is 4. The number of benzene rings is 1. The van der Waals surface area contributed by atoms with Gasteiger partial charge in [0.25, 0.3) is 0 Å². The molecule has 1 saturated carbocycles. The molecule has 2 fully saturated rings. The Morgan fingerprint density at radius 1 is 1.04 bits per heavy atom. The van der Waals surface area contributed by atoms with Crippen molar-refractivity contribution in [3.8, 4) is 0 Å². The number of rotatable bonds is 3. The van der Waals surface area contributed by atoms with Crippen LogP contribution >= 0.6 is 0 Å². The van der Waals surface area contributed by atoms with Crippen LogP contribution in [0.2, 0.25) is 0 Å². The third kappa shape index (κ3) is 3.27. The van der Waals surface area contributed by atoms with E-state index in [9.17, 15) is 4.79 Å². The topological polar surface area (TPSA) is 49.3 Å². The molecule has 3 heterocycles. The van der Waals surface area contributed by atoms with E-state index in [4.69, 9.17) is 9.97 Å². The predicted octanol–water partition coefficient (Wildman–Crippen LogP) is 3.46. The van der Waals surface area contributed by atoms with Gasteiger partial charge in [-0.25, -0.2) is 9.97 Å². The lowest BCUT2D eigenvalue weighted by molar-refractivity contribution is -0.133. The fourth-order valence-corrected chi connectivity index (χ4v) is 4.84. The van der Waals surface area contributed by atoms with Gasteiger partial charge >= 0.3 is 0 Å². The largest absolute Gasteiger partial charge is 0.356 e. The van der Waals surface area contributed by atoms with E-state index in [1.54, 1.807) is 0 Å². The van der Waals surface area contributed by atoms with Gasteiger partial charge in [-0.3, -0.25) is 4.79 Å². The molecule has 146 valence electrons. The number of aryl methyl sites for hydroxylation is 1. The maximum atomic E-state index is 13.2. The first-order valence-electron chi connectivity index (χ1n) is 10.7. The average Bonchev–Trinajstić information content (AvgIpc) is 3.54. The Hall–Kier alpha value is -2.43.